The minimum atomic E-state index is 0.141. The van der Waals surface area contributed by atoms with Crippen LogP contribution >= 0.6 is 23.8 Å². The first-order chi connectivity index (χ1) is 12.6. The lowest BCUT2D eigenvalue weighted by Crippen LogP contribution is -2.49. The highest BCUT2D eigenvalue weighted by Crippen LogP contribution is 2.25. The van der Waals surface area contributed by atoms with Crippen molar-refractivity contribution in [3.05, 3.63) is 65.2 Å². The maximum atomic E-state index is 5.94. The summed E-state index contributed by atoms with van der Waals surface area (Å²) in [4.78, 5) is 2.46. The molecule has 26 heavy (non-hydrogen) atoms. The van der Waals surface area contributed by atoms with Crippen LogP contribution in [0.5, 0.6) is 0 Å². The fraction of sp³-hybridized carbons (Fsp3) is 0.350. The molecule has 2 aromatic carbocycles. The lowest BCUT2D eigenvalue weighted by atomic mass is 9.98. The summed E-state index contributed by atoms with van der Waals surface area (Å²) in [5.74, 6) is 0. The van der Waals surface area contributed by atoms with E-state index in [1.807, 2.05) is 30.3 Å². The number of rotatable bonds is 5. The van der Waals surface area contributed by atoms with Gasteiger partial charge in [0.1, 0.15) is 0 Å². The molecule has 2 aromatic rings. The molecule has 0 aliphatic carbocycles. The van der Waals surface area contributed by atoms with Crippen molar-refractivity contribution in [2.45, 2.75) is 19.0 Å². The minimum absolute atomic E-state index is 0.141. The quantitative estimate of drug-likeness (QED) is 0.753. The highest BCUT2D eigenvalue weighted by molar-refractivity contribution is 7.80. The maximum absolute atomic E-state index is 5.94. The second-order valence-corrected chi connectivity index (χ2v) is 7.24. The van der Waals surface area contributed by atoms with Gasteiger partial charge < -0.3 is 15.4 Å². The van der Waals surface area contributed by atoms with Gasteiger partial charge in [0.05, 0.1) is 19.3 Å². The van der Waals surface area contributed by atoms with Crippen LogP contribution in [0.25, 0.3) is 0 Å². The lowest BCUT2D eigenvalue weighted by Gasteiger charge is -2.38. The Kier molecular flexibility index (Phi) is 6.86. The number of morpholine rings is 1. The maximum Gasteiger partial charge on any atom is 0.171 e. The molecule has 4 nitrogen and oxygen atoms in total. The Morgan fingerprint density at radius 2 is 1.73 bits per heavy atom. The van der Waals surface area contributed by atoms with Crippen molar-refractivity contribution < 1.29 is 4.74 Å². The highest BCUT2D eigenvalue weighted by atomic mass is 35.5. The van der Waals surface area contributed by atoms with E-state index in [2.05, 4.69) is 46.7 Å². The van der Waals surface area contributed by atoms with Gasteiger partial charge in [0.25, 0.3) is 0 Å². The van der Waals surface area contributed by atoms with Crippen LogP contribution < -0.4 is 10.6 Å². The average Bonchev–Trinajstić information content (AvgIpc) is 2.65. The van der Waals surface area contributed by atoms with Gasteiger partial charge in [-0.25, -0.2) is 0 Å². The number of ether oxygens (including phenoxy) is 1. The molecule has 138 valence electrons. The fourth-order valence-electron chi connectivity index (χ4n) is 3.31. The summed E-state index contributed by atoms with van der Waals surface area (Å²) in [7, 11) is 0. The molecule has 1 heterocycles. The Bertz CT molecular complexity index is 705. The third-order valence-electron chi connectivity index (χ3n) is 4.51. The summed E-state index contributed by atoms with van der Waals surface area (Å²) in [6, 6.07) is 18.4. The largest absolute Gasteiger partial charge is 0.379 e. The predicted octanol–water partition coefficient (Wildman–Crippen LogP) is 4.09. The molecule has 0 aromatic heterocycles. The second kappa shape index (κ2) is 9.33. The number of hydrogen-bond acceptors (Lipinski definition) is 3. The van der Waals surface area contributed by atoms with Gasteiger partial charge >= 0.3 is 0 Å². The first-order valence-electron chi connectivity index (χ1n) is 8.83. The van der Waals surface area contributed by atoms with E-state index < -0.39 is 0 Å². The van der Waals surface area contributed by atoms with Crippen molar-refractivity contribution in [2.75, 3.05) is 31.6 Å². The van der Waals surface area contributed by atoms with Crippen molar-refractivity contribution >= 4 is 34.6 Å². The average molecular weight is 390 g/mol. The van der Waals surface area contributed by atoms with E-state index in [0.717, 1.165) is 32.0 Å². The molecule has 0 amide bonds. The smallest absolute Gasteiger partial charge is 0.171 e. The third-order valence-corrected chi connectivity index (χ3v) is 4.99. The van der Waals surface area contributed by atoms with E-state index in [1.54, 1.807) is 0 Å². The summed E-state index contributed by atoms with van der Waals surface area (Å²) in [6.07, 6.45) is 0. The van der Waals surface area contributed by atoms with Crippen molar-refractivity contribution in [2.24, 2.45) is 0 Å². The number of hydrogen-bond donors (Lipinski definition) is 2. The van der Waals surface area contributed by atoms with E-state index in [0.29, 0.717) is 10.1 Å². The SMILES string of the molecule is C[C@H](NC(=S)Nc1ccc(Cl)cc1)[C@@H](c1ccccc1)N1CCOCC1. The van der Waals surface area contributed by atoms with Crippen LogP contribution in [0.3, 0.4) is 0 Å². The Morgan fingerprint density at radius 1 is 1.08 bits per heavy atom. The molecule has 1 fully saturated rings. The van der Waals surface area contributed by atoms with Gasteiger partial charge in [-0.3, -0.25) is 4.90 Å². The number of thiocarbonyl (C=S) groups is 1. The standard InChI is InChI=1S/C20H24ClN3OS/c1-15(22-20(26)23-18-9-7-17(21)8-10-18)19(16-5-3-2-4-6-16)24-11-13-25-14-12-24/h2-10,15,19H,11-14H2,1H3,(H2,22,23,26)/t15-,19-/m0/s1. The molecule has 2 atom stereocenters. The lowest BCUT2D eigenvalue weighted by molar-refractivity contribution is 0.0102. The zero-order valence-electron chi connectivity index (χ0n) is 14.8. The molecule has 1 aliphatic heterocycles. The van der Waals surface area contributed by atoms with Crippen molar-refractivity contribution in [1.82, 2.24) is 10.2 Å². The molecular formula is C20H24ClN3OS. The predicted molar refractivity (Wildman–Crippen MR) is 112 cm³/mol. The zero-order valence-corrected chi connectivity index (χ0v) is 16.4. The van der Waals surface area contributed by atoms with E-state index in [-0.39, 0.29) is 12.1 Å². The molecule has 0 radical (unpaired) electrons. The summed E-state index contributed by atoms with van der Waals surface area (Å²) in [5, 5.41) is 7.98. The van der Waals surface area contributed by atoms with Crippen LogP contribution in [0.4, 0.5) is 5.69 Å². The zero-order chi connectivity index (χ0) is 18.4. The van der Waals surface area contributed by atoms with Gasteiger partial charge in [0.2, 0.25) is 0 Å². The number of nitrogens with one attached hydrogen (secondary N) is 2. The number of anilines is 1. The van der Waals surface area contributed by atoms with Crippen molar-refractivity contribution in [1.29, 1.82) is 0 Å². The molecule has 0 saturated carbocycles. The summed E-state index contributed by atoms with van der Waals surface area (Å²) >= 11 is 11.5. The van der Waals surface area contributed by atoms with Crippen LogP contribution in [0.2, 0.25) is 5.02 Å². The van der Waals surface area contributed by atoms with Crippen LogP contribution in [0, 0.1) is 0 Å². The van der Waals surface area contributed by atoms with Gasteiger partial charge in [0.15, 0.2) is 5.11 Å². The van der Waals surface area contributed by atoms with Gasteiger partial charge in [-0.05, 0) is 49.0 Å². The Balaban J connectivity index is 1.69. The first-order valence-corrected chi connectivity index (χ1v) is 9.62. The van der Waals surface area contributed by atoms with Gasteiger partial charge in [-0.1, -0.05) is 41.9 Å². The van der Waals surface area contributed by atoms with Gasteiger partial charge in [-0.15, -0.1) is 0 Å². The van der Waals surface area contributed by atoms with Gasteiger partial charge in [0, 0.05) is 29.8 Å². The normalized spacial score (nSPS) is 17.3. The number of nitrogens with zero attached hydrogens (tertiary/aromatic N) is 1. The molecule has 0 bridgehead atoms. The summed E-state index contributed by atoms with van der Waals surface area (Å²) < 4.78 is 5.52. The van der Waals surface area contributed by atoms with Crippen LogP contribution in [-0.2, 0) is 4.74 Å². The van der Waals surface area contributed by atoms with Crippen LogP contribution in [-0.4, -0.2) is 42.4 Å². The Hall–Kier alpha value is -1.66. The molecule has 1 aliphatic rings. The highest BCUT2D eigenvalue weighted by Gasteiger charge is 2.28. The molecule has 3 rings (SSSR count). The minimum Gasteiger partial charge on any atom is -0.379 e. The molecule has 0 spiro atoms. The number of halogens is 1. The van der Waals surface area contributed by atoms with E-state index in [4.69, 9.17) is 28.6 Å². The van der Waals surface area contributed by atoms with Gasteiger partial charge in [-0.2, -0.15) is 0 Å². The van der Waals surface area contributed by atoms with E-state index in [9.17, 15) is 0 Å². The number of benzene rings is 2. The summed E-state index contributed by atoms with van der Waals surface area (Å²) in [5.41, 5.74) is 2.20. The van der Waals surface area contributed by atoms with E-state index >= 15 is 0 Å². The Labute approximate surface area is 165 Å². The summed E-state index contributed by atoms with van der Waals surface area (Å²) in [6.45, 7) is 5.54. The molecule has 6 heteroatoms. The van der Waals surface area contributed by atoms with Crippen molar-refractivity contribution in [3.63, 3.8) is 0 Å². The molecular weight excluding hydrogens is 366 g/mol. The van der Waals surface area contributed by atoms with Crippen molar-refractivity contribution in [3.8, 4) is 0 Å². The van der Waals surface area contributed by atoms with E-state index in [1.165, 1.54) is 5.56 Å². The molecule has 1 saturated heterocycles. The second-order valence-electron chi connectivity index (χ2n) is 6.40. The molecule has 2 N–H and O–H groups in total. The first kappa shape index (κ1) is 19.1. The topological polar surface area (TPSA) is 36.5 Å². The monoisotopic (exact) mass is 389 g/mol. The fourth-order valence-corrected chi connectivity index (χ4v) is 3.74. The molecule has 0 unspecified atom stereocenters. The Morgan fingerprint density at radius 3 is 2.38 bits per heavy atom. The van der Waals surface area contributed by atoms with Crippen LogP contribution in [0.15, 0.2) is 54.6 Å². The van der Waals surface area contributed by atoms with Crippen LogP contribution in [0.1, 0.15) is 18.5 Å². The third kappa shape index (κ3) is 5.17.